The van der Waals surface area contributed by atoms with Crippen LogP contribution in [0, 0.1) is 11.8 Å². The summed E-state index contributed by atoms with van der Waals surface area (Å²) in [6.07, 6.45) is -4.17. The molecule has 1 fully saturated rings. The highest BCUT2D eigenvalue weighted by atomic mass is 19.4. The van der Waals surface area contributed by atoms with E-state index in [9.17, 15) is 13.2 Å². The molecular weight excluding hydrogens is 171 g/mol. The summed E-state index contributed by atoms with van der Waals surface area (Å²) in [4.78, 5) is 1.60. The maximum Gasteiger partial charge on any atom is 0.393 e. The zero-order valence-electron chi connectivity index (χ0n) is 6.80. The van der Waals surface area contributed by atoms with Crippen molar-refractivity contribution < 1.29 is 18.3 Å². The third kappa shape index (κ3) is 1.90. The van der Waals surface area contributed by atoms with E-state index in [1.165, 1.54) is 0 Å². The highest BCUT2D eigenvalue weighted by molar-refractivity contribution is 4.86. The molecule has 0 aromatic carbocycles. The Bertz CT molecular complexity index is 159. The van der Waals surface area contributed by atoms with E-state index in [1.54, 1.807) is 11.9 Å². The van der Waals surface area contributed by atoms with Gasteiger partial charge in [0.2, 0.25) is 0 Å². The summed E-state index contributed by atoms with van der Waals surface area (Å²) in [7, 11) is 1.63. The lowest BCUT2D eigenvalue weighted by Crippen LogP contribution is -2.31. The lowest BCUT2D eigenvalue weighted by atomic mass is 9.97. The molecule has 1 aliphatic rings. The summed E-state index contributed by atoms with van der Waals surface area (Å²) in [5.74, 6) is -2.00. The minimum atomic E-state index is -4.17. The van der Waals surface area contributed by atoms with Gasteiger partial charge in [-0.05, 0) is 7.05 Å². The van der Waals surface area contributed by atoms with Crippen LogP contribution >= 0.6 is 0 Å². The van der Waals surface area contributed by atoms with Crippen molar-refractivity contribution in [2.45, 2.75) is 6.18 Å². The number of hydrogen-bond donors (Lipinski definition) is 1. The average Bonchev–Trinajstić information content (AvgIpc) is 2.29. The van der Waals surface area contributed by atoms with Crippen molar-refractivity contribution in [1.29, 1.82) is 0 Å². The van der Waals surface area contributed by atoms with E-state index in [0.717, 1.165) is 0 Å². The molecule has 1 heterocycles. The standard InChI is InChI=1S/C7H12F3NO/c1-11-2-5(4-12)6(3-11)7(8,9)10/h5-6,12H,2-4H2,1H3/t5?,6-/m1/s1. The molecule has 1 aliphatic heterocycles. The van der Waals surface area contributed by atoms with Crippen LogP contribution in [0.4, 0.5) is 13.2 Å². The summed E-state index contributed by atoms with van der Waals surface area (Å²) >= 11 is 0. The molecule has 5 heteroatoms. The van der Waals surface area contributed by atoms with Crippen molar-refractivity contribution in [1.82, 2.24) is 4.90 Å². The van der Waals surface area contributed by atoms with E-state index in [-0.39, 0.29) is 13.2 Å². The maximum atomic E-state index is 12.2. The van der Waals surface area contributed by atoms with E-state index >= 15 is 0 Å². The van der Waals surface area contributed by atoms with Crippen LogP contribution < -0.4 is 0 Å². The fourth-order valence-electron chi connectivity index (χ4n) is 1.64. The minimum Gasteiger partial charge on any atom is -0.396 e. The van der Waals surface area contributed by atoms with E-state index in [2.05, 4.69) is 0 Å². The van der Waals surface area contributed by atoms with Gasteiger partial charge in [0.25, 0.3) is 0 Å². The molecule has 0 radical (unpaired) electrons. The number of rotatable bonds is 1. The first kappa shape index (κ1) is 9.80. The fourth-order valence-corrected chi connectivity index (χ4v) is 1.64. The normalized spacial score (nSPS) is 32.8. The highest BCUT2D eigenvalue weighted by Crippen LogP contribution is 2.36. The molecule has 1 N–H and O–H groups in total. The van der Waals surface area contributed by atoms with Crippen molar-refractivity contribution in [2.24, 2.45) is 11.8 Å². The predicted octanol–water partition coefficient (Wildman–Crippen LogP) is 0.719. The van der Waals surface area contributed by atoms with E-state index in [0.29, 0.717) is 6.54 Å². The first-order chi connectivity index (χ1) is 5.45. The third-order valence-electron chi connectivity index (χ3n) is 2.28. The Morgan fingerprint density at radius 2 is 2.00 bits per heavy atom. The number of aliphatic hydroxyl groups is 1. The second-order valence-electron chi connectivity index (χ2n) is 3.31. The Balaban J connectivity index is 2.64. The summed E-state index contributed by atoms with van der Waals surface area (Å²) in [6.45, 7) is -0.0378. The molecule has 1 rings (SSSR count). The van der Waals surface area contributed by atoms with Crippen molar-refractivity contribution >= 4 is 0 Å². The van der Waals surface area contributed by atoms with Gasteiger partial charge in [0.15, 0.2) is 0 Å². The lowest BCUT2D eigenvalue weighted by Gasteiger charge is -2.18. The molecule has 0 spiro atoms. The zero-order chi connectivity index (χ0) is 9.35. The topological polar surface area (TPSA) is 23.5 Å². The second-order valence-corrected chi connectivity index (χ2v) is 3.31. The SMILES string of the molecule is CN1CC(CO)[C@H](C(F)(F)F)C1. The average molecular weight is 183 g/mol. The van der Waals surface area contributed by atoms with Gasteiger partial charge in [0.1, 0.15) is 0 Å². The molecular formula is C7H12F3NO. The highest BCUT2D eigenvalue weighted by Gasteiger charge is 2.48. The lowest BCUT2D eigenvalue weighted by molar-refractivity contribution is -0.182. The second kappa shape index (κ2) is 3.22. The Labute approximate surface area is 69.0 Å². The number of alkyl halides is 3. The minimum absolute atomic E-state index is 0.00866. The Morgan fingerprint density at radius 3 is 2.33 bits per heavy atom. The molecule has 2 atom stereocenters. The molecule has 0 amide bonds. The molecule has 12 heavy (non-hydrogen) atoms. The van der Waals surface area contributed by atoms with Crippen LogP contribution in [0.2, 0.25) is 0 Å². The smallest absolute Gasteiger partial charge is 0.393 e. The maximum absolute atomic E-state index is 12.2. The molecule has 1 unspecified atom stereocenters. The van der Waals surface area contributed by atoms with Gasteiger partial charge in [-0.3, -0.25) is 0 Å². The van der Waals surface area contributed by atoms with Crippen LogP contribution in [0.15, 0.2) is 0 Å². The van der Waals surface area contributed by atoms with Crippen LogP contribution in [0.25, 0.3) is 0 Å². The monoisotopic (exact) mass is 183 g/mol. The van der Waals surface area contributed by atoms with Crippen LogP contribution in [0.5, 0.6) is 0 Å². The molecule has 0 aromatic heterocycles. The summed E-state index contributed by atoms with van der Waals surface area (Å²) < 4.78 is 36.7. The van der Waals surface area contributed by atoms with E-state index in [1.807, 2.05) is 0 Å². The summed E-state index contributed by atoms with van der Waals surface area (Å²) in [6, 6.07) is 0. The van der Waals surface area contributed by atoms with Crippen molar-refractivity contribution in [3.05, 3.63) is 0 Å². The quantitative estimate of drug-likeness (QED) is 0.647. The van der Waals surface area contributed by atoms with Crippen molar-refractivity contribution in [3.8, 4) is 0 Å². The first-order valence-corrected chi connectivity index (χ1v) is 3.81. The number of halogens is 3. The van der Waals surface area contributed by atoms with Crippen LogP contribution in [0.3, 0.4) is 0 Å². The van der Waals surface area contributed by atoms with Gasteiger partial charge >= 0.3 is 6.18 Å². The van der Waals surface area contributed by atoms with Gasteiger partial charge in [0, 0.05) is 25.6 Å². The molecule has 0 saturated carbocycles. The van der Waals surface area contributed by atoms with Crippen molar-refractivity contribution in [2.75, 3.05) is 26.7 Å². The number of nitrogens with zero attached hydrogens (tertiary/aromatic N) is 1. The summed E-state index contributed by atoms with van der Waals surface area (Å²) in [5.41, 5.74) is 0. The molecule has 0 aliphatic carbocycles. The molecule has 0 bridgehead atoms. The molecule has 2 nitrogen and oxygen atoms in total. The van der Waals surface area contributed by atoms with Gasteiger partial charge in [-0.2, -0.15) is 13.2 Å². The fraction of sp³-hybridized carbons (Fsp3) is 1.00. The zero-order valence-corrected chi connectivity index (χ0v) is 6.80. The van der Waals surface area contributed by atoms with Crippen molar-refractivity contribution in [3.63, 3.8) is 0 Å². The Morgan fingerprint density at radius 1 is 1.42 bits per heavy atom. The largest absolute Gasteiger partial charge is 0.396 e. The molecule has 0 aromatic rings. The van der Waals surface area contributed by atoms with Gasteiger partial charge in [0.05, 0.1) is 5.92 Å². The van der Waals surface area contributed by atoms with E-state index < -0.39 is 18.0 Å². The Kier molecular flexibility index (Phi) is 2.63. The van der Waals surface area contributed by atoms with Crippen LogP contribution in [-0.4, -0.2) is 42.9 Å². The molecule has 1 saturated heterocycles. The van der Waals surface area contributed by atoms with Crippen LogP contribution in [-0.2, 0) is 0 Å². The number of hydrogen-bond acceptors (Lipinski definition) is 2. The third-order valence-corrected chi connectivity index (χ3v) is 2.28. The van der Waals surface area contributed by atoms with Gasteiger partial charge in [-0.15, -0.1) is 0 Å². The van der Waals surface area contributed by atoms with E-state index in [4.69, 9.17) is 5.11 Å². The number of aliphatic hydroxyl groups excluding tert-OH is 1. The van der Waals surface area contributed by atoms with Gasteiger partial charge in [-0.1, -0.05) is 0 Å². The molecule has 72 valence electrons. The van der Waals surface area contributed by atoms with Gasteiger partial charge < -0.3 is 10.0 Å². The Hall–Kier alpha value is -0.290. The van der Waals surface area contributed by atoms with Crippen LogP contribution in [0.1, 0.15) is 0 Å². The number of likely N-dealkylation sites (tertiary alicyclic amines) is 1. The first-order valence-electron chi connectivity index (χ1n) is 3.81. The van der Waals surface area contributed by atoms with Gasteiger partial charge in [-0.25, -0.2) is 0 Å². The predicted molar refractivity (Wildman–Crippen MR) is 37.6 cm³/mol. The summed E-state index contributed by atoms with van der Waals surface area (Å²) in [5, 5.41) is 8.69.